The summed E-state index contributed by atoms with van der Waals surface area (Å²) in [5, 5.41) is 6.03. The summed E-state index contributed by atoms with van der Waals surface area (Å²) in [5.41, 5.74) is 6.85. The normalized spacial score (nSPS) is 12.0. The molecule has 0 fully saturated rings. The van der Waals surface area contributed by atoms with Gasteiger partial charge in [0.1, 0.15) is 5.82 Å². The standard InChI is InChI=1S/C19H19Cl2N5O2/c1-3-23-19(28)25-13-8-5-9-14(16(13)21)26-17(10(2)22)24-12-7-4-6-11(20)15(12)18(26)27/h4-10H,3,22H2,1-2H3,(H2,23,25,28)/t10-/m0/s1. The zero-order chi connectivity index (χ0) is 20.4. The summed E-state index contributed by atoms with van der Waals surface area (Å²) in [6, 6.07) is 9.06. The molecule has 0 radical (unpaired) electrons. The van der Waals surface area contributed by atoms with Crippen molar-refractivity contribution in [2.75, 3.05) is 11.9 Å². The van der Waals surface area contributed by atoms with Crippen molar-refractivity contribution < 1.29 is 4.79 Å². The van der Waals surface area contributed by atoms with E-state index >= 15 is 0 Å². The van der Waals surface area contributed by atoms with Crippen LogP contribution in [0.2, 0.25) is 10.0 Å². The molecule has 4 N–H and O–H groups in total. The van der Waals surface area contributed by atoms with Gasteiger partial charge in [-0.25, -0.2) is 9.78 Å². The van der Waals surface area contributed by atoms with Gasteiger partial charge in [0.2, 0.25) is 0 Å². The molecular weight excluding hydrogens is 401 g/mol. The van der Waals surface area contributed by atoms with Gasteiger partial charge in [-0.2, -0.15) is 0 Å². The molecule has 0 aliphatic rings. The summed E-state index contributed by atoms with van der Waals surface area (Å²) in [6.45, 7) is 3.99. The van der Waals surface area contributed by atoms with Crippen LogP contribution in [0.15, 0.2) is 41.2 Å². The number of urea groups is 1. The van der Waals surface area contributed by atoms with E-state index in [1.165, 1.54) is 4.57 Å². The first-order valence-electron chi connectivity index (χ1n) is 8.65. The van der Waals surface area contributed by atoms with Gasteiger partial charge < -0.3 is 16.4 Å². The molecule has 0 saturated carbocycles. The maximum atomic E-state index is 13.3. The van der Waals surface area contributed by atoms with Crippen molar-refractivity contribution in [3.05, 3.63) is 62.6 Å². The number of hydrogen-bond acceptors (Lipinski definition) is 4. The Morgan fingerprint density at radius 2 is 1.96 bits per heavy atom. The highest BCUT2D eigenvalue weighted by molar-refractivity contribution is 6.36. The molecule has 0 bridgehead atoms. The van der Waals surface area contributed by atoms with Gasteiger partial charge in [0, 0.05) is 6.54 Å². The van der Waals surface area contributed by atoms with Gasteiger partial charge >= 0.3 is 6.03 Å². The van der Waals surface area contributed by atoms with Crippen molar-refractivity contribution in [1.82, 2.24) is 14.9 Å². The zero-order valence-electron chi connectivity index (χ0n) is 15.3. The van der Waals surface area contributed by atoms with E-state index in [0.717, 1.165) is 0 Å². The predicted molar refractivity (Wildman–Crippen MR) is 113 cm³/mol. The number of benzene rings is 2. The number of rotatable bonds is 4. The van der Waals surface area contributed by atoms with Crippen LogP contribution >= 0.6 is 23.2 Å². The fourth-order valence-electron chi connectivity index (χ4n) is 2.86. The van der Waals surface area contributed by atoms with E-state index in [-0.39, 0.29) is 21.0 Å². The number of fused-ring (bicyclic) bond motifs is 1. The molecule has 146 valence electrons. The lowest BCUT2D eigenvalue weighted by Crippen LogP contribution is -2.29. The number of carbonyl (C=O) groups is 1. The molecule has 1 heterocycles. The largest absolute Gasteiger partial charge is 0.338 e. The molecule has 2 amide bonds. The Morgan fingerprint density at radius 3 is 2.64 bits per heavy atom. The van der Waals surface area contributed by atoms with Crippen LogP contribution in [0.5, 0.6) is 0 Å². The lowest BCUT2D eigenvalue weighted by atomic mass is 10.2. The number of nitrogens with zero attached hydrogens (tertiary/aromatic N) is 2. The minimum Gasteiger partial charge on any atom is -0.338 e. The lowest BCUT2D eigenvalue weighted by molar-refractivity contribution is 0.252. The van der Waals surface area contributed by atoms with Gasteiger partial charge in [-0.15, -0.1) is 0 Å². The minimum absolute atomic E-state index is 0.186. The topological polar surface area (TPSA) is 102 Å². The Hall–Kier alpha value is -2.61. The highest BCUT2D eigenvalue weighted by atomic mass is 35.5. The van der Waals surface area contributed by atoms with E-state index in [4.69, 9.17) is 28.9 Å². The molecule has 1 aromatic heterocycles. The summed E-state index contributed by atoms with van der Waals surface area (Å²) in [5.74, 6) is 0.330. The average Bonchev–Trinajstić information content (AvgIpc) is 2.64. The maximum absolute atomic E-state index is 13.3. The summed E-state index contributed by atoms with van der Waals surface area (Å²) >= 11 is 12.8. The molecule has 0 spiro atoms. The summed E-state index contributed by atoms with van der Waals surface area (Å²) in [4.78, 5) is 29.7. The monoisotopic (exact) mass is 419 g/mol. The minimum atomic E-state index is -0.549. The van der Waals surface area contributed by atoms with E-state index in [1.807, 2.05) is 0 Å². The number of hydrogen-bond donors (Lipinski definition) is 3. The van der Waals surface area contributed by atoms with Gasteiger partial charge in [-0.05, 0) is 38.1 Å². The van der Waals surface area contributed by atoms with Crippen molar-refractivity contribution in [2.24, 2.45) is 5.73 Å². The SMILES string of the molecule is CCNC(=O)Nc1cccc(-n2c([C@H](C)N)nc3cccc(Cl)c3c2=O)c1Cl. The molecule has 0 aliphatic heterocycles. The number of carbonyl (C=O) groups excluding carboxylic acids is 1. The molecule has 2 aromatic carbocycles. The summed E-state index contributed by atoms with van der Waals surface area (Å²) in [7, 11) is 0. The number of aromatic nitrogens is 2. The summed E-state index contributed by atoms with van der Waals surface area (Å²) < 4.78 is 1.34. The van der Waals surface area contributed by atoms with Crippen LogP contribution in [0.4, 0.5) is 10.5 Å². The van der Waals surface area contributed by atoms with Crippen LogP contribution in [0, 0.1) is 0 Å². The maximum Gasteiger partial charge on any atom is 0.319 e. The number of halogens is 2. The van der Waals surface area contributed by atoms with E-state index in [2.05, 4.69) is 15.6 Å². The third-order valence-corrected chi connectivity index (χ3v) is 4.80. The Morgan fingerprint density at radius 1 is 1.25 bits per heavy atom. The fourth-order valence-corrected chi connectivity index (χ4v) is 3.37. The van der Waals surface area contributed by atoms with Crippen molar-refractivity contribution in [2.45, 2.75) is 19.9 Å². The van der Waals surface area contributed by atoms with Crippen LogP contribution in [-0.2, 0) is 0 Å². The van der Waals surface area contributed by atoms with Crippen molar-refractivity contribution >= 4 is 45.8 Å². The molecule has 7 nitrogen and oxygen atoms in total. The first-order chi connectivity index (χ1) is 13.3. The van der Waals surface area contributed by atoms with Crippen LogP contribution in [0.3, 0.4) is 0 Å². The first kappa shape index (κ1) is 20.1. The van der Waals surface area contributed by atoms with E-state index in [9.17, 15) is 9.59 Å². The second-order valence-electron chi connectivity index (χ2n) is 6.16. The van der Waals surface area contributed by atoms with Crippen LogP contribution in [-0.4, -0.2) is 22.1 Å². The third kappa shape index (κ3) is 3.69. The van der Waals surface area contributed by atoms with Gasteiger partial charge in [0.05, 0.1) is 38.4 Å². The molecule has 3 rings (SSSR count). The molecule has 9 heteroatoms. The highest BCUT2D eigenvalue weighted by Crippen LogP contribution is 2.30. The fraction of sp³-hybridized carbons (Fsp3) is 0.211. The number of anilines is 1. The van der Waals surface area contributed by atoms with Crippen molar-refractivity contribution in [3.8, 4) is 5.69 Å². The second-order valence-corrected chi connectivity index (χ2v) is 6.94. The number of nitrogens with one attached hydrogen (secondary N) is 2. The Bertz CT molecular complexity index is 1110. The first-order valence-corrected chi connectivity index (χ1v) is 9.41. The molecule has 0 unspecified atom stereocenters. The van der Waals surface area contributed by atoms with Crippen LogP contribution in [0.1, 0.15) is 25.7 Å². The Balaban J connectivity index is 2.28. The number of amides is 2. The molecule has 28 heavy (non-hydrogen) atoms. The van der Waals surface area contributed by atoms with Crippen molar-refractivity contribution in [1.29, 1.82) is 0 Å². The highest BCUT2D eigenvalue weighted by Gasteiger charge is 2.20. The predicted octanol–water partition coefficient (Wildman–Crippen LogP) is 3.85. The molecule has 0 saturated heterocycles. The van der Waals surface area contributed by atoms with E-state index in [1.54, 1.807) is 50.2 Å². The summed E-state index contributed by atoms with van der Waals surface area (Å²) in [6.07, 6.45) is 0. The number of nitrogens with two attached hydrogens (primary N) is 1. The van der Waals surface area contributed by atoms with E-state index < -0.39 is 12.1 Å². The van der Waals surface area contributed by atoms with Gasteiger partial charge in [0.25, 0.3) is 5.56 Å². The van der Waals surface area contributed by atoms with Crippen LogP contribution < -0.4 is 21.9 Å². The quantitative estimate of drug-likeness (QED) is 0.597. The average molecular weight is 420 g/mol. The van der Waals surface area contributed by atoms with Crippen LogP contribution in [0.25, 0.3) is 16.6 Å². The van der Waals surface area contributed by atoms with Gasteiger partial charge in [-0.3, -0.25) is 9.36 Å². The van der Waals surface area contributed by atoms with E-state index in [0.29, 0.717) is 29.3 Å². The smallest absolute Gasteiger partial charge is 0.319 e. The van der Waals surface area contributed by atoms with Gasteiger partial charge in [-0.1, -0.05) is 35.3 Å². The molecule has 0 aliphatic carbocycles. The zero-order valence-corrected chi connectivity index (χ0v) is 16.8. The second kappa shape index (κ2) is 8.18. The molecule has 3 aromatic rings. The third-order valence-electron chi connectivity index (χ3n) is 4.08. The van der Waals surface area contributed by atoms with Crippen molar-refractivity contribution in [3.63, 3.8) is 0 Å². The Kier molecular flexibility index (Phi) is 5.88. The Labute approximate surface area is 171 Å². The van der Waals surface area contributed by atoms with Gasteiger partial charge in [0.15, 0.2) is 0 Å². The molecular formula is C19H19Cl2N5O2. The molecule has 1 atom stereocenters. The lowest BCUT2D eigenvalue weighted by Gasteiger charge is -2.18.